The number of hydrogen-bond donors (Lipinski definition) is 1. The van der Waals surface area contributed by atoms with Crippen molar-refractivity contribution in [3.8, 4) is 0 Å². The van der Waals surface area contributed by atoms with Crippen LogP contribution in [0.3, 0.4) is 0 Å². The van der Waals surface area contributed by atoms with Gasteiger partial charge in [-0.2, -0.15) is 0 Å². The smallest absolute Gasteiger partial charge is 0.125 e. The van der Waals surface area contributed by atoms with Crippen LogP contribution in [0.4, 0.5) is 10.1 Å². The van der Waals surface area contributed by atoms with Crippen LogP contribution in [-0.2, 0) is 0 Å². The summed E-state index contributed by atoms with van der Waals surface area (Å²) in [6.07, 6.45) is 6.80. The topological polar surface area (TPSA) is 26.0 Å². The van der Waals surface area contributed by atoms with Gasteiger partial charge in [-0.3, -0.25) is 0 Å². The Hall–Kier alpha value is -0.700. The normalized spacial score (nSPS) is 17.6. The SMILES string of the molecule is Nc1cc(F)ccc1SCC1CCCCC1. The molecule has 0 aliphatic heterocycles. The van der Waals surface area contributed by atoms with Crippen molar-refractivity contribution >= 4 is 17.4 Å². The van der Waals surface area contributed by atoms with Gasteiger partial charge in [-0.1, -0.05) is 19.3 Å². The van der Waals surface area contributed by atoms with E-state index in [4.69, 9.17) is 5.73 Å². The van der Waals surface area contributed by atoms with Crippen molar-refractivity contribution in [3.63, 3.8) is 0 Å². The first-order valence-corrected chi connectivity index (χ1v) is 6.92. The molecule has 0 heterocycles. The molecule has 0 amide bonds. The lowest BCUT2D eigenvalue weighted by molar-refractivity contribution is 0.391. The van der Waals surface area contributed by atoms with Crippen LogP contribution < -0.4 is 5.73 Å². The van der Waals surface area contributed by atoms with Gasteiger partial charge in [0.05, 0.1) is 0 Å². The Labute approximate surface area is 101 Å². The fourth-order valence-electron chi connectivity index (χ4n) is 2.21. The average Bonchev–Trinajstić information content (AvgIpc) is 2.29. The molecule has 1 saturated carbocycles. The van der Waals surface area contributed by atoms with Crippen LogP contribution in [0.2, 0.25) is 0 Å². The molecule has 1 fully saturated rings. The number of halogens is 1. The molecule has 2 N–H and O–H groups in total. The zero-order valence-corrected chi connectivity index (χ0v) is 10.2. The third kappa shape index (κ3) is 3.14. The maximum Gasteiger partial charge on any atom is 0.125 e. The molecule has 0 radical (unpaired) electrons. The molecular weight excluding hydrogens is 221 g/mol. The highest BCUT2D eigenvalue weighted by molar-refractivity contribution is 7.99. The zero-order chi connectivity index (χ0) is 11.4. The van der Waals surface area contributed by atoms with Gasteiger partial charge in [-0.05, 0) is 37.0 Å². The predicted octanol–water partition coefficient (Wildman–Crippen LogP) is 4.08. The number of benzene rings is 1. The molecule has 0 unspecified atom stereocenters. The molecule has 2 rings (SSSR count). The van der Waals surface area contributed by atoms with Gasteiger partial charge in [-0.15, -0.1) is 11.8 Å². The fraction of sp³-hybridized carbons (Fsp3) is 0.538. The van der Waals surface area contributed by atoms with E-state index in [1.54, 1.807) is 17.8 Å². The molecule has 1 aromatic carbocycles. The lowest BCUT2D eigenvalue weighted by Gasteiger charge is -2.21. The quantitative estimate of drug-likeness (QED) is 0.635. The summed E-state index contributed by atoms with van der Waals surface area (Å²) in [6, 6.07) is 4.68. The summed E-state index contributed by atoms with van der Waals surface area (Å²) in [4.78, 5) is 1.02. The summed E-state index contributed by atoms with van der Waals surface area (Å²) < 4.78 is 12.9. The van der Waals surface area contributed by atoms with Gasteiger partial charge >= 0.3 is 0 Å². The second-order valence-electron chi connectivity index (χ2n) is 4.50. The molecule has 3 heteroatoms. The molecule has 1 aliphatic rings. The maximum atomic E-state index is 12.9. The Morgan fingerprint density at radius 2 is 2.00 bits per heavy atom. The largest absolute Gasteiger partial charge is 0.398 e. The molecule has 0 atom stereocenters. The van der Waals surface area contributed by atoms with E-state index >= 15 is 0 Å². The first-order valence-electron chi connectivity index (χ1n) is 5.93. The van der Waals surface area contributed by atoms with E-state index in [9.17, 15) is 4.39 Å². The van der Waals surface area contributed by atoms with Crippen molar-refractivity contribution in [3.05, 3.63) is 24.0 Å². The monoisotopic (exact) mass is 239 g/mol. The second-order valence-corrected chi connectivity index (χ2v) is 5.56. The number of rotatable bonds is 3. The third-order valence-corrected chi connectivity index (χ3v) is 4.49. The van der Waals surface area contributed by atoms with Gasteiger partial charge in [0.1, 0.15) is 5.82 Å². The highest BCUT2D eigenvalue weighted by atomic mass is 32.2. The molecular formula is C13H18FNS. The van der Waals surface area contributed by atoms with Crippen molar-refractivity contribution in [1.29, 1.82) is 0 Å². The van der Waals surface area contributed by atoms with E-state index in [1.165, 1.54) is 44.2 Å². The molecule has 16 heavy (non-hydrogen) atoms. The lowest BCUT2D eigenvalue weighted by atomic mass is 9.91. The van der Waals surface area contributed by atoms with E-state index in [-0.39, 0.29) is 5.82 Å². The second kappa shape index (κ2) is 5.58. The van der Waals surface area contributed by atoms with Crippen molar-refractivity contribution in [2.75, 3.05) is 11.5 Å². The summed E-state index contributed by atoms with van der Waals surface area (Å²) in [5.41, 5.74) is 6.35. The fourth-order valence-corrected chi connectivity index (χ4v) is 3.35. The molecule has 1 aliphatic carbocycles. The Morgan fingerprint density at radius 1 is 1.25 bits per heavy atom. The Balaban J connectivity index is 1.88. The first kappa shape index (κ1) is 11.8. The Bertz CT molecular complexity index is 348. The summed E-state index contributed by atoms with van der Waals surface area (Å²) in [7, 11) is 0. The van der Waals surface area contributed by atoms with Crippen LogP contribution in [0.25, 0.3) is 0 Å². The van der Waals surface area contributed by atoms with E-state index in [0.717, 1.165) is 16.6 Å². The number of hydrogen-bond acceptors (Lipinski definition) is 2. The molecule has 0 bridgehead atoms. The van der Waals surface area contributed by atoms with Gasteiger partial charge in [0.15, 0.2) is 0 Å². The van der Waals surface area contributed by atoms with Gasteiger partial charge in [0.25, 0.3) is 0 Å². The summed E-state index contributed by atoms with van der Waals surface area (Å²) in [6.45, 7) is 0. The third-order valence-electron chi connectivity index (χ3n) is 3.17. The Morgan fingerprint density at radius 3 is 2.69 bits per heavy atom. The van der Waals surface area contributed by atoms with E-state index < -0.39 is 0 Å². The number of nitrogens with two attached hydrogens (primary N) is 1. The molecule has 88 valence electrons. The van der Waals surface area contributed by atoms with E-state index in [0.29, 0.717) is 5.69 Å². The molecule has 1 aromatic rings. The minimum Gasteiger partial charge on any atom is -0.398 e. The van der Waals surface area contributed by atoms with Crippen molar-refractivity contribution in [2.45, 2.75) is 37.0 Å². The Kier molecular flexibility index (Phi) is 4.10. The van der Waals surface area contributed by atoms with Crippen LogP contribution in [0.5, 0.6) is 0 Å². The highest BCUT2D eigenvalue weighted by Crippen LogP contribution is 2.32. The van der Waals surface area contributed by atoms with Gasteiger partial charge in [-0.25, -0.2) is 4.39 Å². The van der Waals surface area contributed by atoms with Gasteiger partial charge in [0, 0.05) is 16.3 Å². The summed E-state index contributed by atoms with van der Waals surface area (Å²) >= 11 is 1.77. The summed E-state index contributed by atoms with van der Waals surface area (Å²) in [5, 5.41) is 0. The summed E-state index contributed by atoms with van der Waals surface area (Å²) in [5.74, 6) is 1.69. The molecule has 0 aromatic heterocycles. The zero-order valence-electron chi connectivity index (χ0n) is 9.42. The van der Waals surface area contributed by atoms with Crippen LogP contribution in [-0.4, -0.2) is 5.75 Å². The highest BCUT2D eigenvalue weighted by Gasteiger charge is 2.14. The predicted molar refractivity (Wildman–Crippen MR) is 68.1 cm³/mol. The van der Waals surface area contributed by atoms with Gasteiger partial charge < -0.3 is 5.73 Å². The number of thioether (sulfide) groups is 1. The molecule has 0 spiro atoms. The van der Waals surface area contributed by atoms with Crippen LogP contribution >= 0.6 is 11.8 Å². The van der Waals surface area contributed by atoms with E-state index in [2.05, 4.69) is 0 Å². The van der Waals surface area contributed by atoms with Crippen molar-refractivity contribution < 1.29 is 4.39 Å². The van der Waals surface area contributed by atoms with E-state index in [1.807, 2.05) is 0 Å². The van der Waals surface area contributed by atoms with Crippen LogP contribution in [0, 0.1) is 11.7 Å². The number of nitrogen functional groups attached to an aromatic ring is 1. The minimum absolute atomic E-state index is 0.250. The van der Waals surface area contributed by atoms with Crippen LogP contribution in [0.1, 0.15) is 32.1 Å². The minimum atomic E-state index is -0.250. The van der Waals surface area contributed by atoms with Crippen LogP contribution in [0.15, 0.2) is 23.1 Å². The first-order chi connectivity index (χ1) is 7.75. The average molecular weight is 239 g/mol. The molecule has 0 saturated heterocycles. The standard InChI is InChI=1S/C13H18FNS/c14-11-6-7-13(12(15)8-11)16-9-10-4-2-1-3-5-10/h6-8,10H,1-5,9,15H2. The van der Waals surface area contributed by atoms with Crippen molar-refractivity contribution in [2.24, 2.45) is 5.92 Å². The maximum absolute atomic E-state index is 12.9. The van der Waals surface area contributed by atoms with Gasteiger partial charge in [0.2, 0.25) is 0 Å². The lowest BCUT2D eigenvalue weighted by Crippen LogP contribution is -2.08. The van der Waals surface area contributed by atoms with Crippen molar-refractivity contribution in [1.82, 2.24) is 0 Å². The number of anilines is 1. The molecule has 1 nitrogen and oxygen atoms in total.